The number of nitrogens with zero attached hydrogens (tertiary/aromatic N) is 1. The Bertz CT molecular complexity index is 545. The molecule has 0 aliphatic rings. The number of halogens is 1. The molecule has 84 valence electrons. The van der Waals surface area contributed by atoms with E-state index in [-0.39, 0.29) is 6.04 Å². The molecule has 4 heteroatoms. The van der Waals surface area contributed by atoms with Crippen molar-refractivity contribution in [3.05, 3.63) is 39.6 Å². The van der Waals surface area contributed by atoms with E-state index in [0.717, 1.165) is 25.7 Å². The fourth-order valence-electron chi connectivity index (χ4n) is 1.82. The number of hydrogen-bond donors (Lipinski definition) is 1. The number of aromatic nitrogens is 1. The van der Waals surface area contributed by atoms with E-state index >= 15 is 0 Å². The first kappa shape index (κ1) is 11.2. The maximum Gasteiger partial charge on any atom is 0.187 e. The third-order valence-corrected chi connectivity index (χ3v) is 3.26. The Morgan fingerprint density at radius 3 is 2.94 bits per heavy atom. The number of benzene rings is 1. The van der Waals surface area contributed by atoms with Gasteiger partial charge in [-0.05, 0) is 18.2 Å². The summed E-state index contributed by atoms with van der Waals surface area (Å²) in [6.07, 6.45) is 3.44. The van der Waals surface area contributed by atoms with Crippen LogP contribution in [0, 0.1) is 5.21 Å². The number of fused-ring (bicyclic) bond motifs is 1. The largest absolute Gasteiger partial charge is 0.624 e. The van der Waals surface area contributed by atoms with Gasteiger partial charge in [-0.1, -0.05) is 15.9 Å². The molecule has 0 saturated carbocycles. The second kappa shape index (κ2) is 4.29. The summed E-state index contributed by atoms with van der Waals surface area (Å²) < 4.78 is 1.98. The Hall–Kier alpha value is -1.29. The van der Waals surface area contributed by atoms with E-state index in [4.69, 9.17) is 0 Å². The number of nitrogens with one attached hydrogen (secondary N) is 1. The van der Waals surface area contributed by atoms with E-state index in [0.29, 0.717) is 0 Å². The molecular weight excluding hydrogens is 268 g/mol. The summed E-state index contributed by atoms with van der Waals surface area (Å²) in [5, 5.41) is 12.7. The van der Waals surface area contributed by atoms with E-state index in [2.05, 4.69) is 20.9 Å². The number of hydrogen-bond acceptors (Lipinski definition) is 1. The smallest absolute Gasteiger partial charge is 0.187 e. The molecule has 0 radical (unpaired) electrons. The van der Waals surface area contributed by atoms with Gasteiger partial charge in [-0.2, -0.15) is 0 Å². The van der Waals surface area contributed by atoms with Crippen LogP contribution in [0.5, 0.6) is 0 Å². The molecule has 0 amide bonds. The average Bonchev–Trinajstić information content (AvgIpc) is 2.69. The minimum absolute atomic E-state index is 0.173. The van der Waals surface area contributed by atoms with E-state index in [1.54, 1.807) is 13.1 Å². The van der Waals surface area contributed by atoms with Crippen LogP contribution in [0.25, 0.3) is 10.9 Å². The highest BCUT2D eigenvalue weighted by Crippen LogP contribution is 2.28. The molecule has 0 spiro atoms. The predicted molar refractivity (Wildman–Crippen MR) is 69.8 cm³/mol. The van der Waals surface area contributed by atoms with Crippen LogP contribution in [0.4, 0.5) is 0 Å². The second-order valence-electron chi connectivity index (χ2n) is 3.73. The zero-order valence-electron chi connectivity index (χ0n) is 9.20. The first-order valence-corrected chi connectivity index (χ1v) is 5.94. The van der Waals surface area contributed by atoms with Crippen LogP contribution in [0.2, 0.25) is 0 Å². The van der Waals surface area contributed by atoms with E-state index in [1.807, 2.05) is 31.3 Å². The summed E-state index contributed by atoms with van der Waals surface area (Å²) in [6.45, 7) is 3.64. The summed E-state index contributed by atoms with van der Waals surface area (Å²) in [5.41, 5.74) is 2.07. The number of aromatic amines is 1. The first-order chi connectivity index (χ1) is 7.63. The van der Waals surface area contributed by atoms with Crippen molar-refractivity contribution in [3.63, 3.8) is 0 Å². The molecule has 16 heavy (non-hydrogen) atoms. The Morgan fingerprint density at radius 1 is 1.50 bits per heavy atom. The topological polar surface area (TPSA) is 41.9 Å². The van der Waals surface area contributed by atoms with Crippen LogP contribution in [0.15, 0.2) is 28.9 Å². The molecule has 0 bridgehead atoms. The van der Waals surface area contributed by atoms with Gasteiger partial charge in [-0.3, -0.25) is 0 Å². The van der Waals surface area contributed by atoms with Gasteiger partial charge in [0.2, 0.25) is 0 Å². The molecular formula is C12H13BrN2O. The quantitative estimate of drug-likeness (QED) is 0.388. The van der Waals surface area contributed by atoms with Crippen LogP contribution in [0.3, 0.4) is 0 Å². The van der Waals surface area contributed by atoms with Crippen LogP contribution in [-0.4, -0.2) is 15.9 Å². The Balaban J connectivity index is 2.57. The molecule has 1 atom stereocenters. The van der Waals surface area contributed by atoms with Crippen molar-refractivity contribution in [3.8, 4) is 0 Å². The lowest BCUT2D eigenvalue weighted by Gasteiger charge is -2.11. The van der Waals surface area contributed by atoms with Gasteiger partial charge in [-0.15, -0.1) is 0 Å². The van der Waals surface area contributed by atoms with Crippen molar-refractivity contribution in [2.24, 2.45) is 0 Å². The minimum atomic E-state index is -0.173. The fraction of sp³-hybridized carbons (Fsp3) is 0.250. The molecule has 1 unspecified atom stereocenters. The molecule has 0 fully saturated rings. The summed E-state index contributed by atoms with van der Waals surface area (Å²) >= 11 is 3.44. The molecule has 1 heterocycles. The lowest BCUT2D eigenvalue weighted by Crippen LogP contribution is -2.09. The summed E-state index contributed by atoms with van der Waals surface area (Å²) in [7, 11) is 0. The number of rotatable bonds is 2. The van der Waals surface area contributed by atoms with Gasteiger partial charge in [0, 0.05) is 41.0 Å². The highest BCUT2D eigenvalue weighted by atomic mass is 79.9. The maximum atomic E-state index is 11.6. The third kappa shape index (κ3) is 1.85. The maximum absolute atomic E-state index is 11.6. The SMILES string of the molecule is C/C=[N+](\[O-])C(C)c1c[nH]c2ccc(Br)cc12. The standard InChI is InChI=1S/C12H13BrN2O/c1-3-15(16)8(2)11-7-14-12-5-4-9(13)6-10(11)12/h3-8,14H,1-2H3/b15-3-. The minimum Gasteiger partial charge on any atom is -0.624 e. The highest BCUT2D eigenvalue weighted by Gasteiger charge is 2.16. The number of hydroxylamine groups is 1. The Morgan fingerprint density at radius 2 is 2.25 bits per heavy atom. The summed E-state index contributed by atoms with van der Waals surface area (Å²) in [4.78, 5) is 3.17. The van der Waals surface area contributed by atoms with Gasteiger partial charge in [0.25, 0.3) is 0 Å². The molecule has 0 aliphatic heterocycles. The van der Waals surface area contributed by atoms with Crippen LogP contribution < -0.4 is 0 Å². The zero-order chi connectivity index (χ0) is 11.7. The van der Waals surface area contributed by atoms with Crippen molar-refractivity contribution in [2.75, 3.05) is 0 Å². The van der Waals surface area contributed by atoms with Crippen molar-refractivity contribution >= 4 is 33.0 Å². The molecule has 0 saturated heterocycles. The molecule has 0 aliphatic carbocycles. The first-order valence-electron chi connectivity index (χ1n) is 5.15. The van der Waals surface area contributed by atoms with Crippen molar-refractivity contribution < 1.29 is 4.74 Å². The molecule has 2 aromatic rings. The predicted octanol–water partition coefficient (Wildman–Crippen LogP) is 3.59. The monoisotopic (exact) mass is 280 g/mol. The summed E-state index contributed by atoms with van der Waals surface area (Å²) in [5.74, 6) is 0. The van der Waals surface area contributed by atoms with Crippen LogP contribution in [0.1, 0.15) is 25.5 Å². The van der Waals surface area contributed by atoms with Gasteiger partial charge >= 0.3 is 0 Å². The normalized spacial score (nSPS) is 14.3. The van der Waals surface area contributed by atoms with Crippen LogP contribution >= 0.6 is 15.9 Å². The Labute approximate surface area is 103 Å². The number of H-pyrrole nitrogens is 1. The lowest BCUT2D eigenvalue weighted by atomic mass is 10.1. The molecule has 1 aromatic heterocycles. The zero-order valence-corrected chi connectivity index (χ0v) is 10.8. The van der Waals surface area contributed by atoms with E-state index in [1.165, 1.54) is 0 Å². The van der Waals surface area contributed by atoms with E-state index < -0.39 is 0 Å². The van der Waals surface area contributed by atoms with Gasteiger partial charge in [0.1, 0.15) is 6.21 Å². The van der Waals surface area contributed by atoms with Gasteiger partial charge in [0.05, 0.1) is 0 Å². The van der Waals surface area contributed by atoms with Gasteiger partial charge in [-0.25, -0.2) is 4.74 Å². The highest BCUT2D eigenvalue weighted by molar-refractivity contribution is 9.10. The third-order valence-electron chi connectivity index (χ3n) is 2.76. The Kier molecular flexibility index (Phi) is 3.01. The van der Waals surface area contributed by atoms with Crippen molar-refractivity contribution in [2.45, 2.75) is 19.9 Å². The molecule has 3 nitrogen and oxygen atoms in total. The molecule has 2 rings (SSSR count). The van der Waals surface area contributed by atoms with Crippen LogP contribution in [-0.2, 0) is 0 Å². The summed E-state index contributed by atoms with van der Waals surface area (Å²) in [6, 6.07) is 5.84. The lowest BCUT2D eigenvalue weighted by molar-refractivity contribution is -0.498. The fourth-order valence-corrected chi connectivity index (χ4v) is 2.18. The average molecular weight is 281 g/mol. The molecule has 1 aromatic carbocycles. The van der Waals surface area contributed by atoms with Gasteiger partial charge < -0.3 is 10.2 Å². The van der Waals surface area contributed by atoms with Gasteiger partial charge in [0.15, 0.2) is 6.04 Å². The van der Waals surface area contributed by atoms with E-state index in [9.17, 15) is 5.21 Å². The van der Waals surface area contributed by atoms with Crippen molar-refractivity contribution in [1.29, 1.82) is 0 Å². The second-order valence-corrected chi connectivity index (χ2v) is 4.64. The van der Waals surface area contributed by atoms with Crippen molar-refractivity contribution in [1.82, 2.24) is 4.98 Å². The molecule has 1 N–H and O–H groups in total.